The molecule has 1 saturated heterocycles. The fraction of sp³-hybridized carbons (Fsp3) is 0.625. The Morgan fingerprint density at radius 2 is 2.17 bits per heavy atom. The zero-order chi connectivity index (χ0) is 17.5. The van der Waals surface area contributed by atoms with Crippen molar-refractivity contribution in [2.75, 3.05) is 18.0 Å². The van der Waals surface area contributed by atoms with Gasteiger partial charge in [-0.2, -0.15) is 12.6 Å². The molecule has 1 aromatic rings. The third-order valence-corrected chi connectivity index (χ3v) is 4.26. The molecule has 0 aliphatic carbocycles. The van der Waals surface area contributed by atoms with Gasteiger partial charge in [0.15, 0.2) is 0 Å². The number of carbonyl (C=O) groups is 2. The molecule has 1 atom stereocenters. The number of hydrogen-bond donors (Lipinski definition) is 1. The first kappa shape index (κ1) is 17.0. The maximum atomic E-state index is 12.2. The molecule has 1 fully saturated rings. The Morgan fingerprint density at radius 1 is 1.42 bits per heavy atom. The first-order valence-corrected chi connectivity index (χ1v) is 8.56. The van der Waals surface area contributed by atoms with Crippen LogP contribution in [0.5, 0.6) is 0 Å². The van der Waals surface area contributed by atoms with Gasteiger partial charge in [0.05, 0.1) is 12.2 Å². The van der Waals surface area contributed by atoms with E-state index in [4.69, 9.17) is 4.74 Å². The van der Waals surface area contributed by atoms with E-state index >= 15 is 0 Å². The van der Waals surface area contributed by atoms with Gasteiger partial charge < -0.3 is 9.64 Å². The number of ether oxygens (including phenoxy) is 1. The predicted molar refractivity (Wildman–Crippen MR) is 92.1 cm³/mol. The monoisotopic (exact) mass is 350 g/mol. The summed E-state index contributed by atoms with van der Waals surface area (Å²) in [4.78, 5) is 36.2. The molecule has 2 aliphatic rings. The van der Waals surface area contributed by atoms with Crippen molar-refractivity contribution in [3.8, 4) is 0 Å². The van der Waals surface area contributed by atoms with Gasteiger partial charge >= 0.3 is 6.09 Å². The van der Waals surface area contributed by atoms with E-state index in [2.05, 4.69) is 22.6 Å². The van der Waals surface area contributed by atoms with Crippen molar-refractivity contribution < 1.29 is 14.3 Å². The molecular weight excluding hydrogens is 328 g/mol. The molecule has 0 radical (unpaired) electrons. The van der Waals surface area contributed by atoms with Crippen LogP contribution in [-0.2, 0) is 22.5 Å². The molecular formula is C16H22N4O3S. The molecule has 0 saturated carbocycles. The smallest absolute Gasteiger partial charge is 0.410 e. The van der Waals surface area contributed by atoms with Crippen molar-refractivity contribution in [2.45, 2.75) is 51.0 Å². The molecule has 2 amide bonds. The largest absolute Gasteiger partial charge is 0.444 e. The number of anilines is 1. The zero-order valence-corrected chi connectivity index (χ0v) is 15.0. The number of nitrogens with zero attached hydrogens (tertiary/aromatic N) is 4. The molecule has 0 bridgehead atoms. The Morgan fingerprint density at radius 3 is 2.79 bits per heavy atom. The topological polar surface area (TPSA) is 75.6 Å². The van der Waals surface area contributed by atoms with E-state index in [9.17, 15) is 9.59 Å². The van der Waals surface area contributed by atoms with Crippen LogP contribution in [0.3, 0.4) is 0 Å². The van der Waals surface area contributed by atoms with Crippen LogP contribution in [0.25, 0.3) is 0 Å². The van der Waals surface area contributed by atoms with Crippen LogP contribution >= 0.6 is 12.6 Å². The summed E-state index contributed by atoms with van der Waals surface area (Å²) in [6.07, 6.45) is 2.41. The van der Waals surface area contributed by atoms with Gasteiger partial charge in [-0.05, 0) is 20.8 Å². The number of fused-ring (bicyclic) bond motifs is 1. The Balaban J connectivity index is 1.73. The Hall–Kier alpha value is -1.83. The third kappa shape index (κ3) is 3.63. The number of hydrogen-bond acceptors (Lipinski definition) is 6. The van der Waals surface area contributed by atoms with Crippen LogP contribution < -0.4 is 4.90 Å². The first-order valence-electron chi connectivity index (χ1n) is 8.04. The lowest BCUT2D eigenvalue weighted by Crippen LogP contribution is -2.40. The lowest BCUT2D eigenvalue weighted by molar-refractivity contribution is -0.117. The predicted octanol–water partition coefficient (Wildman–Crippen LogP) is 1.80. The van der Waals surface area contributed by atoms with E-state index in [-0.39, 0.29) is 17.3 Å². The maximum absolute atomic E-state index is 12.2. The number of aromatic nitrogens is 2. The van der Waals surface area contributed by atoms with Crippen LogP contribution in [-0.4, -0.2) is 50.8 Å². The number of amides is 2. The van der Waals surface area contributed by atoms with Gasteiger partial charge in [-0.1, -0.05) is 0 Å². The van der Waals surface area contributed by atoms with Crippen LogP contribution in [0.1, 0.15) is 38.4 Å². The van der Waals surface area contributed by atoms with E-state index in [0.717, 1.165) is 11.3 Å². The average molecular weight is 350 g/mol. The molecule has 130 valence electrons. The zero-order valence-electron chi connectivity index (χ0n) is 14.2. The summed E-state index contributed by atoms with van der Waals surface area (Å²) in [6, 6.07) is 0. The van der Waals surface area contributed by atoms with Crippen molar-refractivity contribution in [3.05, 3.63) is 17.5 Å². The Labute approximate surface area is 146 Å². The lowest BCUT2D eigenvalue weighted by Gasteiger charge is -2.31. The minimum absolute atomic E-state index is 0.00106. The molecule has 7 nitrogen and oxygen atoms in total. The number of carbonyl (C=O) groups excluding carboxylic acids is 2. The van der Waals surface area contributed by atoms with Crippen LogP contribution in [0.15, 0.2) is 6.20 Å². The summed E-state index contributed by atoms with van der Waals surface area (Å²) in [7, 11) is 0. The highest BCUT2D eigenvalue weighted by molar-refractivity contribution is 7.81. The second kappa shape index (κ2) is 6.23. The molecule has 3 rings (SSSR count). The van der Waals surface area contributed by atoms with E-state index in [0.29, 0.717) is 38.4 Å². The second-order valence-electron chi connectivity index (χ2n) is 7.16. The lowest BCUT2D eigenvalue weighted by atomic mass is 10.1. The van der Waals surface area contributed by atoms with Crippen molar-refractivity contribution in [1.82, 2.24) is 14.9 Å². The molecule has 1 unspecified atom stereocenters. The molecule has 2 aliphatic heterocycles. The molecule has 0 N–H and O–H groups in total. The van der Waals surface area contributed by atoms with Gasteiger partial charge in [0, 0.05) is 42.9 Å². The second-order valence-corrected chi connectivity index (χ2v) is 7.89. The van der Waals surface area contributed by atoms with E-state index in [1.165, 1.54) is 0 Å². The van der Waals surface area contributed by atoms with Crippen molar-refractivity contribution >= 4 is 30.6 Å². The van der Waals surface area contributed by atoms with Gasteiger partial charge in [-0.15, -0.1) is 0 Å². The molecule has 24 heavy (non-hydrogen) atoms. The maximum Gasteiger partial charge on any atom is 0.410 e. The highest BCUT2D eigenvalue weighted by atomic mass is 32.1. The molecule has 1 aromatic heterocycles. The highest BCUT2D eigenvalue weighted by Crippen LogP contribution is 2.24. The van der Waals surface area contributed by atoms with E-state index < -0.39 is 5.60 Å². The summed E-state index contributed by atoms with van der Waals surface area (Å²) >= 11 is 4.35. The van der Waals surface area contributed by atoms with Gasteiger partial charge in [0.25, 0.3) is 0 Å². The van der Waals surface area contributed by atoms with Crippen molar-refractivity contribution in [2.24, 2.45) is 0 Å². The van der Waals surface area contributed by atoms with Crippen LogP contribution in [0, 0.1) is 0 Å². The minimum Gasteiger partial charge on any atom is -0.444 e. The molecule has 8 heteroatoms. The van der Waals surface area contributed by atoms with Gasteiger partial charge in [-0.25, -0.2) is 14.8 Å². The fourth-order valence-electron chi connectivity index (χ4n) is 2.80. The number of thiol groups is 1. The summed E-state index contributed by atoms with van der Waals surface area (Å²) in [6.45, 7) is 7.04. The summed E-state index contributed by atoms with van der Waals surface area (Å²) in [5, 5.41) is 0.0276. The van der Waals surface area contributed by atoms with Gasteiger partial charge in [0.1, 0.15) is 5.60 Å². The summed E-state index contributed by atoms with van der Waals surface area (Å²) < 4.78 is 5.41. The SMILES string of the molecule is CC(C)(C)OC(=O)N1CCc2nc(N3CC(S)CC3=O)ncc2C1. The normalized spacial score (nSPS) is 21.0. The molecule has 0 aromatic carbocycles. The molecule has 3 heterocycles. The summed E-state index contributed by atoms with van der Waals surface area (Å²) in [5.41, 5.74) is 1.26. The van der Waals surface area contributed by atoms with Crippen molar-refractivity contribution in [1.29, 1.82) is 0 Å². The summed E-state index contributed by atoms with van der Waals surface area (Å²) in [5.74, 6) is 0.433. The first-order chi connectivity index (χ1) is 11.2. The van der Waals surface area contributed by atoms with Crippen molar-refractivity contribution in [3.63, 3.8) is 0 Å². The van der Waals surface area contributed by atoms with E-state index in [1.807, 2.05) is 20.8 Å². The van der Waals surface area contributed by atoms with Crippen LogP contribution in [0.2, 0.25) is 0 Å². The average Bonchev–Trinajstić information content (AvgIpc) is 2.83. The highest BCUT2D eigenvalue weighted by Gasteiger charge is 2.32. The quantitative estimate of drug-likeness (QED) is 0.782. The van der Waals surface area contributed by atoms with Crippen LogP contribution in [0.4, 0.5) is 10.7 Å². The number of rotatable bonds is 1. The Bertz CT molecular complexity index is 674. The third-order valence-electron chi connectivity index (χ3n) is 3.92. The van der Waals surface area contributed by atoms with Gasteiger partial charge in [0.2, 0.25) is 11.9 Å². The van der Waals surface area contributed by atoms with Gasteiger partial charge in [-0.3, -0.25) is 9.69 Å². The Kier molecular flexibility index (Phi) is 4.42. The molecule has 0 spiro atoms. The standard InChI is InChI=1S/C16H22N4O3S/c1-16(2,3)23-15(22)19-5-4-12-10(8-19)7-17-14(18-12)20-9-11(24)6-13(20)21/h7,11,24H,4-6,8-9H2,1-3H3. The fourth-order valence-corrected chi connectivity index (χ4v) is 3.12. The van der Waals surface area contributed by atoms with E-state index in [1.54, 1.807) is 16.0 Å². The minimum atomic E-state index is -0.517.